The lowest BCUT2D eigenvalue weighted by Crippen LogP contribution is -2.30. The zero-order chi connectivity index (χ0) is 17.7. The lowest BCUT2D eigenvalue weighted by atomic mass is 10.1. The molecule has 0 saturated heterocycles. The molecule has 0 bridgehead atoms. The van der Waals surface area contributed by atoms with Gasteiger partial charge in [0.15, 0.2) is 0 Å². The predicted molar refractivity (Wildman–Crippen MR) is 95.0 cm³/mol. The molecule has 0 radical (unpaired) electrons. The molecule has 0 aliphatic rings. The van der Waals surface area contributed by atoms with E-state index in [-0.39, 0.29) is 4.90 Å². The molecule has 0 spiro atoms. The molecule has 4 N–H and O–H groups in total. The van der Waals surface area contributed by atoms with Gasteiger partial charge in [-0.1, -0.05) is 29.3 Å². The molecular weight excluding hydrogens is 373 g/mol. The van der Waals surface area contributed by atoms with Gasteiger partial charge in [0.05, 0.1) is 4.90 Å². The highest BCUT2D eigenvalue weighted by atomic mass is 35.5. The number of nitrogens with one attached hydrogen (secondary N) is 2. The summed E-state index contributed by atoms with van der Waals surface area (Å²) in [5, 5.41) is 11.3. The lowest BCUT2D eigenvalue weighted by Gasteiger charge is -2.09. The van der Waals surface area contributed by atoms with Crippen LogP contribution in [0.25, 0.3) is 0 Å². The smallest absolute Gasteiger partial charge is 0.319 e. The van der Waals surface area contributed by atoms with Gasteiger partial charge in [-0.2, -0.15) is 0 Å². The van der Waals surface area contributed by atoms with Crippen molar-refractivity contribution in [3.05, 3.63) is 58.1 Å². The van der Waals surface area contributed by atoms with E-state index >= 15 is 0 Å². The molecule has 0 aliphatic heterocycles. The van der Waals surface area contributed by atoms with Crippen molar-refractivity contribution >= 4 is 44.9 Å². The molecule has 2 amide bonds. The van der Waals surface area contributed by atoms with Gasteiger partial charge in [0, 0.05) is 22.3 Å². The van der Waals surface area contributed by atoms with E-state index in [1.807, 2.05) is 0 Å². The Kier molecular flexibility index (Phi) is 6.06. The van der Waals surface area contributed by atoms with E-state index < -0.39 is 16.1 Å². The van der Waals surface area contributed by atoms with Gasteiger partial charge in [0.1, 0.15) is 0 Å². The first-order valence-corrected chi connectivity index (χ1v) is 9.17. The van der Waals surface area contributed by atoms with Crippen LogP contribution < -0.4 is 15.8 Å². The van der Waals surface area contributed by atoms with E-state index in [9.17, 15) is 13.2 Å². The number of primary sulfonamides is 1. The van der Waals surface area contributed by atoms with Crippen molar-refractivity contribution in [1.29, 1.82) is 0 Å². The number of amides is 2. The molecule has 0 aliphatic carbocycles. The van der Waals surface area contributed by atoms with E-state index in [0.29, 0.717) is 28.7 Å². The summed E-state index contributed by atoms with van der Waals surface area (Å²) in [5.41, 5.74) is 1.22. The second-order valence-corrected chi connectivity index (χ2v) is 7.42. The Morgan fingerprint density at radius 1 is 1.08 bits per heavy atom. The van der Waals surface area contributed by atoms with E-state index in [0.717, 1.165) is 5.56 Å². The normalized spacial score (nSPS) is 11.1. The molecule has 0 heterocycles. The van der Waals surface area contributed by atoms with Gasteiger partial charge in [0.2, 0.25) is 10.0 Å². The van der Waals surface area contributed by atoms with Crippen molar-refractivity contribution < 1.29 is 13.2 Å². The van der Waals surface area contributed by atoms with Gasteiger partial charge in [-0.05, 0) is 48.4 Å². The molecule has 2 aromatic carbocycles. The minimum atomic E-state index is -3.82. The third-order valence-electron chi connectivity index (χ3n) is 3.04. The number of halogens is 2. The maximum absolute atomic E-state index is 11.8. The summed E-state index contributed by atoms with van der Waals surface area (Å²) in [5.74, 6) is 0. The average molecular weight is 388 g/mol. The van der Waals surface area contributed by atoms with Crippen molar-refractivity contribution in [2.75, 3.05) is 11.9 Å². The van der Waals surface area contributed by atoms with Crippen LogP contribution in [0.4, 0.5) is 10.5 Å². The van der Waals surface area contributed by atoms with Crippen molar-refractivity contribution in [2.24, 2.45) is 5.14 Å². The Hall–Kier alpha value is -1.80. The van der Waals surface area contributed by atoms with Crippen LogP contribution in [0.5, 0.6) is 0 Å². The largest absolute Gasteiger partial charge is 0.338 e. The Labute approximate surface area is 150 Å². The summed E-state index contributed by atoms with van der Waals surface area (Å²) < 4.78 is 22.6. The molecule has 6 nitrogen and oxygen atoms in total. The molecule has 2 rings (SSSR count). The lowest BCUT2D eigenvalue weighted by molar-refractivity contribution is 0.252. The van der Waals surface area contributed by atoms with Crippen LogP contribution >= 0.6 is 23.2 Å². The summed E-state index contributed by atoms with van der Waals surface area (Å²) >= 11 is 11.8. The Balaban J connectivity index is 1.90. The third kappa shape index (κ3) is 5.68. The number of hydrogen-bond acceptors (Lipinski definition) is 3. The van der Waals surface area contributed by atoms with Crippen LogP contribution in [0, 0.1) is 0 Å². The molecular formula is C15H15Cl2N3O3S. The monoisotopic (exact) mass is 387 g/mol. The van der Waals surface area contributed by atoms with E-state index in [1.165, 1.54) is 18.2 Å². The zero-order valence-electron chi connectivity index (χ0n) is 12.4. The highest BCUT2D eigenvalue weighted by Crippen LogP contribution is 2.19. The Morgan fingerprint density at radius 2 is 1.75 bits per heavy atom. The van der Waals surface area contributed by atoms with Crippen LogP contribution in [-0.2, 0) is 16.4 Å². The van der Waals surface area contributed by atoms with Crippen molar-refractivity contribution in [2.45, 2.75) is 11.3 Å². The number of carbonyl (C=O) groups excluding carboxylic acids is 1. The quantitative estimate of drug-likeness (QED) is 0.734. The zero-order valence-corrected chi connectivity index (χ0v) is 14.8. The minimum Gasteiger partial charge on any atom is -0.338 e. The van der Waals surface area contributed by atoms with Gasteiger partial charge < -0.3 is 10.6 Å². The van der Waals surface area contributed by atoms with E-state index in [4.69, 9.17) is 28.3 Å². The molecule has 2 aromatic rings. The van der Waals surface area contributed by atoms with Gasteiger partial charge in [-0.3, -0.25) is 0 Å². The molecule has 0 aromatic heterocycles. The number of nitrogens with two attached hydrogens (primary N) is 1. The van der Waals surface area contributed by atoms with Crippen molar-refractivity contribution in [3.8, 4) is 0 Å². The summed E-state index contributed by atoms with van der Waals surface area (Å²) in [4.78, 5) is 11.8. The highest BCUT2D eigenvalue weighted by molar-refractivity contribution is 7.89. The van der Waals surface area contributed by atoms with Gasteiger partial charge in [-0.15, -0.1) is 0 Å². The fraction of sp³-hybridized carbons (Fsp3) is 0.133. The third-order valence-corrected chi connectivity index (χ3v) is 4.39. The van der Waals surface area contributed by atoms with Gasteiger partial charge in [-0.25, -0.2) is 18.4 Å². The summed E-state index contributed by atoms with van der Waals surface area (Å²) in [7, 11) is -3.82. The molecule has 0 atom stereocenters. The first-order valence-electron chi connectivity index (χ1n) is 6.87. The van der Waals surface area contributed by atoms with E-state index in [1.54, 1.807) is 24.3 Å². The Bertz CT molecular complexity index is 837. The molecule has 0 fully saturated rings. The van der Waals surface area contributed by atoms with E-state index in [2.05, 4.69) is 10.6 Å². The van der Waals surface area contributed by atoms with Crippen LogP contribution in [0.2, 0.25) is 10.0 Å². The van der Waals surface area contributed by atoms with Crippen molar-refractivity contribution in [1.82, 2.24) is 5.32 Å². The van der Waals surface area contributed by atoms with Crippen molar-refractivity contribution in [3.63, 3.8) is 0 Å². The fourth-order valence-corrected chi connectivity index (χ4v) is 3.13. The number of urea groups is 1. The number of anilines is 1. The fourth-order valence-electron chi connectivity index (χ4n) is 2.00. The average Bonchev–Trinajstić information content (AvgIpc) is 2.45. The number of hydrogen-bond donors (Lipinski definition) is 3. The Morgan fingerprint density at radius 3 is 2.38 bits per heavy atom. The summed E-state index contributed by atoms with van der Waals surface area (Å²) in [6.07, 6.45) is 0.547. The van der Waals surface area contributed by atoms with Crippen LogP contribution in [0.15, 0.2) is 47.4 Å². The SMILES string of the molecule is NS(=O)(=O)c1cccc(NC(=O)NCCc2cc(Cl)cc(Cl)c2)c1. The highest BCUT2D eigenvalue weighted by Gasteiger charge is 2.09. The summed E-state index contributed by atoms with van der Waals surface area (Å²) in [6, 6.07) is 10.4. The number of sulfonamides is 1. The predicted octanol–water partition coefficient (Wildman–Crippen LogP) is 3.01. The number of rotatable bonds is 5. The number of carbonyl (C=O) groups is 1. The standard InChI is InChI=1S/C15H15Cl2N3O3S/c16-11-6-10(7-12(17)8-11)4-5-19-15(21)20-13-2-1-3-14(9-13)24(18,22)23/h1-3,6-9H,4-5H2,(H2,18,22,23)(H2,19,20,21). The van der Waals surface area contributed by atoms with Crippen LogP contribution in [0.1, 0.15) is 5.56 Å². The second kappa shape index (κ2) is 7.85. The minimum absolute atomic E-state index is 0.0751. The van der Waals surface area contributed by atoms with Crippen LogP contribution in [0.3, 0.4) is 0 Å². The topological polar surface area (TPSA) is 101 Å². The molecule has 9 heteroatoms. The first kappa shape index (κ1) is 18.5. The van der Waals surface area contributed by atoms with Gasteiger partial charge >= 0.3 is 6.03 Å². The molecule has 128 valence electrons. The molecule has 0 unspecified atom stereocenters. The molecule has 24 heavy (non-hydrogen) atoms. The maximum atomic E-state index is 11.8. The van der Waals surface area contributed by atoms with Crippen LogP contribution in [-0.4, -0.2) is 21.0 Å². The van der Waals surface area contributed by atoms with Gasteiger partial charge in [0.25, 0.3) is 0 Å². The molecule has 0 saturated carbocycles. The summed E-state index contributed by atoms with van der Waals surface area (Å²) in [6.45, 7) is 0.359. The number of benzene rings is 2. The first-order chi connectivity index (χ1) is 11.2. The maximum Gasteiger partial charge on any atom is 0.319 e. The second-order valence-electron chi connectivity index (χ2n) is 4.98.